The molecule has 0 aromatic heterocycles. The van der Waals surface area contributed by atoms with Crippen LogP contribution in [-0.2, 0) is 14.0 Å². The van der Waals surface area contributed by atoms with Gasteiger partial charge in [-0.05, 0) is 26.4 Å². The number of rotatable bonds is 11. The molecule has 3 nitrogen and oxygen atoms in total. The molecule has 19 heavy (non-hydrogen) atoms. The van der Waals surface area contributed by atoms with E-state index in [1.54, 1.807) is 0 Å². The monoisotopic (exact) mass is 288 g/mol. The van der Waals surface area contributed by atoms with E-state index in [9.17, 15) is 4.79 Å². The molecule has 0 aromatic carbocycles. The van der Waals surface area contributed by atoms with Gasteiger partial charge < -0.3 is 9.16 Å². The predicted molar refractivity (Wildman–Crippen MR) is 82.9 cm³/mol. The minimum Gasteiger partial charge on any atom is -0.466 e. The van der Waals surface area contributed by atoms with Crippen molar-refractivity contribution >= 4 is 14.3 Å². The maximum atomic E-state index is 11.9. The third kappa shape index (κ3) is 8.42. The third-order valence-corrected chi connectivity index (χ3v) is 7.01. The molecule has 0 radical (unpaired) electrons. The zero-order chi connectivity index (χ0) is 14.7. The van der Waals surface area contributed by atoms with Crippen molar-refractivity contribution in [2.75, 3.05) is 13.2 Å². The number of carbonyl (C=O) groups excluding carboxylic acids is 1. The van der Waals surface area contributed by atoms with Crippen LogP contribution in [0.4, 0.5) is 0 Å². The lowest BCUT2D eigenvalue weighted by Crippen LogP contribution is -2.39. The van der Waals surface area contributed by atoms with Gasteiger partial charge >= 0.3 is 5.97 Å². The van der Waals surface area contributed by atoms with E-state index in [1.165, 1.54) is 25.7 Å². The second kappa shape index (κ2) is 10.4. The zero-order valence-corrected chi connectivity index (χ0v) is 14.5. The molecule has 0 heterocycles. The highest BCUT2D eigenvalue weighted by Crippen LogP contribution is 2.24. The molecule has 1 unspecified atom stereocenters. The van der Waals surface area contributed by atoms with Crippen LogP contribution in [0.3, 0.4) is 0 Å². The van der Waals surface area contributed by atoms with E-state index in [0.717, 1.165) is 12.8 Å². The molecule has 1 atom stereocenters. The van der Waals surface area contributed by atoms with Crippen LogP contribution >= 0.6 is 0 Å². The molecule has 0 amide bonds. The van der Waals surface area contributed by atoms with Crippen molar-refractivity contribution in [3.05, 3.63) is 0 Å². The second-order valence-electron chi connectivity index (χ2n) is 5.69. The first-order valence-electron chi connectivity index (χ1n) is 7.76. The van der Waals surface area contributed by atoms with Gasteiger partial charge in [0.1, 0.15) is 0 Å². The second-order valence-corrected chi connectivity index (χ2v) is 10.1. The van der Waals surface area contributed by atoms with Gasteiger partial charge in [-0.15, -0.1) is 0 Å². The Balaban J connectivity index is 3.74. The van der Waals surface area contributed by atoms with Crippen LogP contribution in [-0.4, -0.2) is 27.5 Å². The summed E-state index contributed by atoms with van der Waals surface area (Å²) in [6, 6.07) is 0. The zero-order valence-electron chi connectivity index (χ0n) is 13.5. The summed E-state index contributed by atoms with van der Waals surface area (Å²) < 4.78 is 11.1. The molecular weight excluding hydrogens is 256 g/mol. The van der Waals surface area contributed by atoms with E-state index in [1.807, 2.05) is 13.8 Å². The topological polar surface area (TPSA) is 35.5 Å². The Hall–Kier alpha value is -0.353. The smallest absolute Gasteiger partial charge is 0.308 e. The van der Waals surface area contributed by atoms with Gasteiger partial charge in [0, 0.05) is 6.61 Å². The summed E-state index contributed by atoms with van der Waals surface area (Å²) in [7, 11) is -1.93. The number of carbonyl (C=O) groups is 1. The van der Waals surface area contributed by atoms with Crippen LogP contribution in [0.25, 0.3) is 0 Å². The minimum atomic E-state index is -1.93. The van der Waals surface area contributed by atoms with Crippen molar-refractivity contribution in [2.45, 2.75) is 77.9 Å². The third-order valence-electron chi connectivity index (χ3n) is 3.65. The molecule has 0 aliphatic rings. The van der Waals surface area contributed by atoms with Crippen LogP contribution in [0.1, 0.15) is 59.3 Å². The van der Waals surface area contributed by atoms with Crippen molar-refractivity contribution in [1.29, 1.82) is 0 Å². The SMILES string of the molecule is CCCCCCCCOC(=O)C(C)[Si](C)(C)OCC. The fraction of sp³-hybridized carbons (Fsp3) is 0.933. The number of esters is 1. The van der Waals surface area contributed by atoms with Crippen molar-refractivity contribution < 1.29 is 14.0 Å². The Morgan fingerprint density at radius 3 is 2.21 bits per heavy atom. The highest BCUT2D eigenvalue weighted by Gasteiger charge is 2.36. The summed E-state index contributed by atoms with van der Waals surface area (Å²) in [6.07, 6.45) is 7.27. The van der Waals surface area contributed by atoms with E-state index in [4.69, 9.17) is 9.16 Å². The van der Waals surface area contributed by atoms with Crippen LogP contribution in [0, 0.1) is 0 Å². The molecule has 0 aliphatic heterocycles. The fourth-order valence-corrected chi connectivity index (χ4v) is 3.61. The summed E-state index contributed by atoms with van der Waals surface area (Å²) >= 11 is 0. The van der Waals surface area contributed by atoms with Crippen molar-refractivity contribution in [2.24, 2.45) is 0 Å². The quantitative estimate of drug-likeness (QED) is 0.318. The maximum Gasteiger partial charge on any atom is 0.308 e. The van der Waals surface area contributed by atoms with E-state index >= 15 is 0 Å². The molecular formula is C15H32O3Si. The van der Waals surface area contributed by atoms with Crippen LogP contribution in [0.15, 0.2) is 0 Å². The summed E-state index contributed by atoms with van der Waals surface area (Å²) in [4.78, 5) is 11.9. The van der Waals surface area contributed by atoms with Crippen molar-refractivity contribution in [1.82, 2.24) is 0 Å². The Kier molecular flexibility index (Phi) is 10.2. The molecule has 0 saturated carbocycles. The summed E-state index contributed by atoms with van der Waals surface area (Å²) in [5.41, 5.74) is -0.0902. The van der Waals surface area contributed by atoms with Gasteiger partial charge in [0.05, 0.1) is 12.1 Å². The average Bonchev–Trinajstić information content (AvgIpc) is 2.36. The minimum absolute atomic E-state index is 0.0846. The largest absolute Gasteiger partial charge is 0.466 e. The Morgan fingerprint density at radius 1 is 1.05 bits per heavy atom. The molecule has 0 aliphatic carbocycles. The van der Waals surface area contributed by atoms with Crippen molar-refractivity contribution in [3.63, 3.8) is 0 Å². The maximum absolute atomic E-state index is 11.9. The first kappa shape index (κ1) is 18.6. The molecule has 0 rings (SSSR count). The lowest BCUT2D eigenvalue weighted by Gasteiger charge is -2.27. The van der Waals surface area contributed by atoms with E-state index < -0.39 is 8.32 Å². The Morgan fingerprint density at radius 2 is 1.63 bits per heavy atom. The molecule has 4 heteroatoms. The molecule has 0 aromatic rings. The Bertz CT molecular complexity index is 242. The number of hydrogen-bond donors (Lipinski definition) is 0. The number of ether oxygens (including phenoxy) is 1. The van der Waals surface area contributed by atoms with Gasteiger partial charge in [0.15, 0.2) is 8.32 Å². The summed E-state index contributed by atoms with van der Waals surface area (Å²) in [6.45, 7) is 11.5. The van der Waals surface area contributed by atoms with Gasteiger partial charge in [-0.1, -0.05) is 46.0 Å². The van der Waals surface area contributed by atoms with Gasteiger partial charge in [-0.25, -0.2) is 0 Å². The molecule has 0 N–H and O–H groups in total. The normalized spacial score (nSPS) is 13.3. The van der Waals surface area contributed by atoms with Gasteiger partial charge in [0.2, 0.25) is 0 Å². The average molecular weight is 289 g/mol. The van der Waals surface area contributed by atoms with Crippen LogP contribution in [0.2, 0.25) is 18.6 Å². The first-order chi connectivity index (χ1) is 8.95. The number of unbranched alkanes of at least 4 members (excludes halogenated alkanes) is 5. The van der Waals surface area contributed by atoms with Gasteiger partial charge in [-0.3, -0.25) is 4.79 Å². The van der Waals surface area contributed by atoms with Crippen LogP contribution in [0.5, 0.6) is 0 Å². The highest BCUT2D eigenvalue weighted by atomic mass is 28.4. The van der Waals surface area contributed by atoms with E-state index in [0.29, 0.717) is 13.2 Å². The predicted octanol–water partition coefficient (Wildman–Crippen LogP) is 4.52. The molecule has 0 spiro atoms. The highest BCUT2D eigenvalue weighted by molar-refractivity contribution is 6.75. The molecule has 0 saturated heterocycles. The number of hydrogen-bond acceptors (Lipinski definition) is 3. The van der Waals surface area contributed by atoms with E-state index in [2.05, 4.69) is 20.0 Å². The molecule has 0 fully saturated rings. The van der Waals surface area contributed by atoms with Crippen LogP contribution < -0.4 is 0 Å². The van der Waals surface area contributed by atoms with E-state index in [-0.39, 0.29) is 11.5 Å². The molecule has 0 bridgehead atoms. The first-order valence-corrected chi connectivity index (χ1v) is 10.7. The standard InChI is InChI=1S/C15H32O3Si/c1-6-8-9-10-11-12-13-17-15(16)14(3)19(4,5)18-7-2/h14H,6-13H2,1-5H3. The summed E-state index contributed by atoms with van der Waals surface area (Å²) in [5, 5.41) is 0. The lowest BCUT2D eigenvalue weighted by molar-refractivity contribution is -0.143. The molecule has 114 valence electrons. The fourth-order valence-electron chi connectivity index (χ4n) is 1.96. The summed E-state index contributed by atoms with van der Waals surface area (Å²) in [5.74, 6) is -0.0846. The van der Waals surface area contributed by atoms with Gasteiger partial charge in [-0.2, -0.15) is 0 Å². The van der Waals surface area contributed by atoms with Crippen molar-refractivity contribution in [3.8, 4) is 0 Å². The van der Waals surface area contributed by atoms with Gasteiger partial charge in [0.25, 0.3) is 0 Å². The Labute approximate surface area is 120 Å². The lowest BCUT2D eigenvalue weighted by atomic mass is 10.1.